The van der Waals surface area contributed by atoms with Gasteiger partial charge in [-0.2, -0.15) is 9.97 Å². The Bertz CT molecular complexity index is 2040. The lowest BCUT2D eigenvalue weighted by Gasteiger charge is -2.22. The van der Waals surface area contributed by atoms with Crippen molar-refractivity contribution in [2.75, 3.05) is 29.8 Å². The van der Waals surface area contributed by atoms with E-state index in [9.17, 15) is 18.9 Å². The Hall–Kier alpha value is -5.51. The standard InChI is InChI=1S/C36H37N6O10P/c1-4-48-53(46,49-5-2)23-47-29-21-28(50-34(44)25-15-9-6-10-16-25)33(51-29)41-22-37-30-31(41)39-35(38-24(3)43)40-32(30)52-36(45)42(26-17-11-7-12-18-26)27-19-13-8-14-20-27/h6-20,22,28-29,33H,4-5,21,23H2,1-3H3,(H,38,39,40,43)/t28?,29-,33+/m0/s1. The van der Waals surface area contributed by atoms with Gasteiger partial charge in [-0.05, 0) is 50.2 Å². The van der Waals surface area contributed by atoms with Crippen molar-refractivity contribution in [3.8, 4) is 5.88 Å². The summed E-state index contributed by atoms with van der Waals surface area (Å²) in [6.07, 6.45) is -3.02. The van der Waals surface area contributed by atoms with Crippen molar-refractivity contribution in [1.82, 2.24) is 19.5 Å². The van der Waals surface area contributed by atoms with Crippen LogP contribution in [0, 0.1) is 0 Å². The van der Waals surface area contributed by atoms with Crippen LogP contribution in [0.5, 0.6) is 5.88 Å². The van der Waals surface area contributed by atoms with Gasteiger partial charge in [-0.25, -0.2) is 19.5 Å². The fraction of sp³-hybridized carbons (Fsp3) is 0.278. The van der Waals surface area contributed by atoms with E-state index < -0.39 is 50.5 Å². The summed E-state index contributed by atoms with van der Waals surface area (Å²) in [6.45, 7) is 4.89. The smallest absolute Gasteiger partial charge is 0.425 e. The Kier molecular flexibility index (Phi) is 11.9. The van der Waals surface area contributed by atoms with Crippen molar-refractivity contribution < 1.29 is 46.9 Å². The second-order valence-electron chi connectivity index (χ2n) is 11.5. The van der Waals surface area contributed by atoms with Gasteiger partial charge in [-0.1, -0.05) is 54.6 Å². The molecule has 1 fully saturated rings. The Labute approximate surface area is 304 Å². The van der Waals surface area contributed by atoms with E-state index in [0.717, 1.165) is 0 Å². The molecule has 1 saturated heterocycles. The summed E-state index contributed by atoms with van der Waals surface area (Å²) < 4.78 is 49.2. The first-order chi connectivity index (χ1) is 25.7. The van der Waals surface area contributed by atoms with E-state index in [2.05, 4.69) is 20.3 Å². The fourth-order valence-electron chi connectivity index (χ4n) is 5.53. The number of aromatic nitrogens is 4. The minimum atomic E-state index is -3.62. The van der Waals surface area contributed by atoms with Crippen LogP contribution in [0.4, 0.5) is 22.1 Å². The molecular formula is C36H37N6O10P. The average Bonchev–Trinajstić information content (AvgIpc) is 3.76. The minimum absolute atomic E-state index is 0.00968. The molecule has 5 aromatic rings. The van der Waals surface area contributed by atoms with Crippen molar-refractivity contribution in [3.05, 3.63) is 103 Å². The molecular weight excluding hydrogens is 707 g/mol. The SMILES string of the molecule is CCOP(=O)(CO[C@@H]1CC(OC(=O)c2ccccc2)[C@H](n2cnc3c(OC(=O)N(c4ccccc4)c4ccccc4)nc(NC(C)=O)nc32)O1)OCC. The molecule has 3 atom stereocenters. The largest absolute Gasteiger partial charge is 0.454 e. The van der Waals surface area contributed by atoms with Gasteiger partial charge < -0.3 is 28.0 Å². The molecule has 16 nitrogen and oxygen atoms in total. The molecule has 3 aromatic carbocycles. The van der Waals surface area contributed by atoms with E-state index in [1.54, 1.807) is 92.7 Å². The molecule has 1 unspecified atom stereocenters. The molecule has 0 saturated carbocycles. The summed E-state index contributed by atoms with van der Waals surface area (Å²) in [5, 5.41) is 2.53. The number of amides is 2. The Balaban J connectivity index is 1.36. The predicted molar refractivity (Wildman–Crippen MR) is 192 cm³/mol. The van der Waals surface area contributed by atoms with Crippen LogP contribution in [0.1, 0.15) is 43.8 Å². The lowest BCUT2D eigenvalue weighted by molar-refractivity contribution is -0.146. The molecule has 17 heteroatoms. The number of carbonyl (C=O) groups is 3. The average molecular weight is 745 g/mol. The third-order valence-electron chi connectivity index (χ3n) is 7.72. The number of anilines is 3. The van der Waals surface area contributed by atoms with Crippen LogP contribution < -0.4 is 15.0 Å². The van der Waals surface area contributed by atoms with Crippen LogP contribution in [0.15, 0.2) is 97.3 Å². The summed E-state index contributed by atoms with van der Waals surface area (Å²) in [4.78, 5) is 54.0. The summed E-state index contributed by atoms with van der Waals surface area (Å²) in [5.41, 5.74) is 1.45. The molecule has 6 rings (SSSR count). The van der Waals surface area contributed by atoms with Gasteiger partial charge in [0.25, 0.3) is 5.88 Å². The molecule has 1 aliphatic heterocycles. The number of hydrogen-bond acceptors (Lipinski definition) is 13. The maximum absolute atomic E-state index is 13.9. The minimum Gasteiger partial charge on any atom is -0.454 e. The number of nitrogens with zero attached hydrogens (tertiary/aromatic N) is 5. The highest BCUT2D eigenvalue weighted by molar-refractivity contribution is 7.53. The number of ether oxygens (including phenoxy) is 4. The number of carbonyl (C=O) groups excluding carboxylic acids is 3. The van der Waals surface area contributed by atoms with Crippen LogP contribution in [0.3, 0.4) is 0 Å². The van der Waals surface area contributed by atoms with Crippen LogP contribution in [-0.4, -0.2) is 69.4 Å². The number of esters is 1. The summed E-state index contributed by atoms with van der Waals surface area (Å²) in [7, 11) is -3.62. The third kappa shape index (κ3) is 8.93. The molecule has 1 N–H and O–H groups in total. The first-order valence-electron chi connectivity index (χ1n) is 16.7. The topological polar surface area (TPSA) is 183 Å². The van der Waals surface area contributed by atoms with Crippen molar-refractivity contribution in [2.45, 2.75) is 45.8 Å². The molecule has 0 bridgehead atoms. The first kappa shape index (κ1) is 37.3. The zero-order valence-corrected chi connectivity index (χ0v) is 30.0. The highest BCUT2D eigenvalue weighted by atomic mass is 31.2. The number of nitrogens with one attached hydrogen (secondary N) is 1. The zero-order valence-electron chi connectivity index (χ0n) is 29.1. The van der Waals surface area contributed by atoms with Gasteiger partial charge >= 0.3 is 19.7 Å². The highest BCUT2D eigenvalue weighted by Crippen LogP contribution is 2.49. The van der Waals surface area contributed by atoms with Gasteiger partial charge in [-0.15, -0.1) is 0 Å². The van der Waals surface area contributed by atoms with E-state index in [-0.39, 0.29) is 42.6 Å². The van der Waals surface area contributed by atoms with Crippen molar-refractivity contribution in [1.29, 1.82) is 0 Å². The predicted octanol–water partition coefficient (Wildman–Crippen LogP) is 6.83. The molecule has 2 aromatic heterocycles. The molecule has 1 aliphatic rings. The molecule has 276 valence electrons. The number of fused-ring (bicyclic) bond motifs is 1. The molecule has 0 spiro atoms. The van der Waals surface area contributed by atoms with Gasteiger partial charge in [0, 0.05) is 13.3 Å². The van der Waals surface area contributed by atoms with Crippen LogP contribution >= 0.6 is 7.60 Å². The lowest BCUT2D eigenvalue weighted by atomic mass is 10.2. The van der Waals surface area contributed by atoms with Gasteiger partial charge in [-0.3, -0.25) is 19.2 Å². The highest BCUT2D eigenvalue weighted by Gasteiger charge is 2.42. The van der Waals surface area contributed by atoms with Crippen LogP contribution in [0.25, 0.3) is 11.2 Å². The first-order valence-corrected chi connectivity index (χ1v) is 18.5. The maximum Gasteiger partial charge on any atom is 0.425 e. The molecule has 0 radical (unpaired) electrons. The number of hydrogen-bond donors (Lipinski definition) is 1. The number of rotatable bonds is 14. The van der Waals surface area contributed by atoms with Crippen molar-refractivity contribution >= 4 is 54.1 Å². The Morgan fingerprint density at radius 3 is 2.09 bits per heavy atom. The summed E-state index contributed by atoms with van der Waals surface area (Å²) in [5.74, 6) is -1.58. The summed E-state index contributed by atoms with van der Waals surface area (Å²) >= 11 is 0. The van der Waals surface area contributed by atoms with Gasteiger partial charge in [0.2, 0.25) is 11.9 Å². The summed E-state index contributed by atoms with van der Waals surface area (Å²) in [6, 6.07) is 26.1. The van der Waals surface area contributed by atoms with Crippen LogP contribution in [-0.2, 0) is 32.6 Å². The second kappa shape index (κ2) is 16.9. The maximum atomic E-state index is 13.9. The quantitative estimate of drug-likeness (QED) is 0.0923. The second-order valence-corrected chi connectivity index (χ2v) is 13.5. The van der Waals surface area contributed by atoms with Crippen molar-refractivity contribution in [3.63, 3.8) is 0 Å². The Morgan fingerprint density at radius 1 is 0.906 bits per heavy atom. The number of benzene rings is 3. The lowest BCUT2D eigenvalue weighted by Crippen LogP contribution is -2.29. The van der Waals surface area contributed by atoms with Gasteiger partial charge in [0.1, 0.15) is 0 Å². The monoisotopic (exact) mass is 744 g/mol. The molecule has 3 heterocycles. The van der Waals surface area contributed by atoms with E-state index >= 15 is 0 Å². The van der Waals surface area contributed by atoms with E-state index in [1.165, 1.54) is 22.7 Å². The van der Waals surface area contributed by atoms with Gasteiger partial charge in [0.05, 0.1) is 36.5 Å². The fourth-order valence-corrected chi connectivity index (χ4v) is 6.89. The van der Waals surface area contributed by atoms with Gasteiger partial charge in [0.15, 0.2) is 36.1 Å². The van der Waals surface area contributed by atoms with Crippen LogP contribution in [0.2, 0.25) is 0 Å². The van der Waals surface area contributed by atoms with E-state index in [0.29, 0.717) is 16.9 Å². The number of imidazole rings is 1. The molecule has 53 heavy (non-hydrogen) atoms. The third-order valence-corrected chi connectivity index (χ3v) is 9.49. The molecule has 2 amide bonds. The number of para-hydroxylation sites is 2. The zero-order chi connectivity index (χ0) is 37.4. The van der Waals surface area contributed by atoms with E-state index in [1.807, 2.05) is 12.1 Å². The van der Waals surface area contributed by atoms with Crippen molar-refractivity contribution in [2.24, 2.45) is 0 Å². The van der Waals surface area contributed by atoms with E-state index in [4.69, 9.17) is 28.0 Å². The normalized spacial score (nSPS) is 17.0. The Morgan fingerprint density at radius 2 is 1.51 bits per heavy atom. The molecule has 0 aliphatic carbocycles.